The number of carbonyl (C=O) groups is 1. The van der Waals surface area contributed by atoms with E-state index in [0.29, 0.717) is 36.9 Å². The number of halogens is 5. The fourth-order valence-electron chi connectivity index (χ4n) is 4.76. The van der Waals surface area contributed by atoms with Gasteiger partial charge in [-0.2, -0.15) is 33.7 Å². The van der Waals surface area contributed by atoms with Gasteiger partial charge in [-0.1, -0.05) is 12.1 Å². The second-order valence-electron chi connectivity index (χ2n) is 8.77. The molecular weight excluding hydrogens is 489 g/mol. The van der Waals surface area contributed by atoms with Gasteiger partial charge in [0.15, 0.2) is 6.04 Å². The molecule has 2 atom stereocenters. The monoisotopic (exact) mass is 515 g/mol. The molecule has 2 heterocycles. The molecule has 1 aromatic heterocycles. The summed E-state index contributed by atoms with van der Waals surface area (Å²) in [4.78, 5) is 17.6. The molecular formula is C24H26F5N3O2S. The number of hydrogen-bond donors (Lipinski definition) is 1. The number of hydrogen-bond acceptors (Lipinski definition) is 5. The largest absolute Gasteiger partial charge is 0.435 e. The van der Waals surface area contributed by atoms with Crippen LogP contribution in [0.25, 0.3) is 0 Å². The van der Waals surface area contributed by atoms with Crippen LogP contribution in [0.4, 0.5) is 27.6 Å². The number of pyridine rings is 1. The Labute approximate surface area is 204 Å². The normalized spacial score (nSPS) is 19.3. The van der Waals surface area contributed by atoms with Gasteiger partial charge >= 0.3 is 12.8 Å². The van der Waals surface area contributed by atoms with Gasteiger partial charge in [-0.05, 0) is 66.5 Å². The van der Waals surface area contributed by atoms with Crippen LogP contribution in [0.3, 0.4) is 0 Å². The van der Waals surface area contributed by atoms with Crippen LogP contribution in [0.2, 0.25) is 0 Å². The van der Waals surface area contributed by atoms with Crippen molar-refractivity contribution in [1.29, 1.82) is 0 Å². The number of benzene rings is 1. The molecule has 1 unspecified atom stereocenters. The molecule has 0 spiro atoms. The third-order valence-electron chi connectivity index (χ3n) is 6.42. The lowest BCUT2D eigenvalue weighted by atomic mass is 9.99. The summed E-state index contributed by atoms with van der Waals surface area (Å²) in [6.45, 7) is -2.92. The second kappa shape index (κ2) is 10.6. The highest BCUT2D eigenvalue weighted by atomic mass is 32.2. The minimum Gasteiger partial charge on any atom is -0.435 e. The molecule has 1 aliphatic heterocycles. The van der Waals surface area contributed by atoms with E-state index in [9.17, 15) is 26.7 Å². The van der Waals surface area contributed by atoms with Gasteiger partial charge in [-0.25, -0.2) is 0 Å². The Morgan fingerprint density at radius 3 is 2.54 bits per heavy atom. The Kier molecular flexibility index (Phi) is 7.73. The van der Waals surface area contributed by atoms with Gasteiger partial charge in [0, 0.05) is 19.0 Å². The van der Waals surface area contributed by atoms with Gasteiger partial charge in [0.2, 0.25) is 5.91 Å². The molecule has 35 heavy (non-hydrogen) atoms. The Hall–Kier alpha value is -2.56. The third kappa shape index (κ3) is 5.99. The number of thioether (sulfide) groups is 1. The fourth-order valence-corrected chi connectivity index (χ4v) is 5.87. The lowest BCUT2D eigenvalue weighted by Gasteiger charge is -2.33. The minimum atomic E-state index is -4.68. The first-order valence-electron chi connectivity index (χ1n) is 11.3. The lowest BCUT2D eigenvalue weighted by molar-refractivity contribution is -0.191. The number of ether oxygens (including phenoxy) is 1. The number of fused-ring (bicyclic) bond motifs is 1. The lowest BCUT2D eigenvalue weighted by Crippen LogP contribution is -2.43. The maximum absolute atomic E-state index is 14.0. The molecule has 1 saturated heterocycles. The van der Waals surface area contributed by atoms with Gasteiger partial charge in [0.25, 0.3) is 0 Å². The van der Waals surface area contributed by atoms with Crippen molar-refractivity contribution >= 4 is 23.4 Å². The predicted octanol–water partition coefficient (Wildman–Crippen LogP) is 5.47. The molecule has 2 aliphatic rings. The highest BCUT2D eigenvalue weighted by Gasteiger charge is 2.47. The molecule has 0 saturated carbocycles. The Morgan fingerprint density at radius 1 is 1.17 bits per heavy atom. The van der Waals surface area contributed by atoms with Crippen LogP contribution in [-0.2, 0) is 17.6 Å². The first kappa shape index (κ1) is 25.5. The topological polar surface area (TPSA) is 54.5 Å². The number of nitrogens with zero attached hydrogens (tertiary/aromatic N) is 2. The van der Waals surface area contributed by atoms with E-state index >= 15 is 0 Å². The highest BCUT2D eigenvalue weighted by Crippen LogP contribution is 2.38. The SMILES string of the molecule is CN(C(=O)C1CCSCC1)[C@@H](c1ccc(NC2Cc3cccc(OC(F)F)c3C2)cn1)C(F)(F)F. The van der Waals surface area contributed by atoms with Crippen LogP contribution in [0.15, 0.2) is 36.5 Å². The molecule has 0 radical (unpaired) electrons. The van der Waals surface area contributed by atoms with Gasteiger partial charge in [0.1, 0.15) is 5.75 Å². The van der Waals surface area contributed by atoms with Gasteiger partial charge in [-0.15, -0.1) is 0 Å². The average molecular weight is 516 g/mol. The molecule has 1 aromatic carbocycles. The van der Waals surface area contributed by atoms with Crippen molar-refractivity contribution in [3.8, 4) is 5.75 Å². The number of amides is 1. The fraction of sp³-hybridized carbons (Fsp3) is 0.500. The van der Waals surface area contributed by atoms with Crippen molar-refractivity contribution in [2.45, 2.75) is 50.6 Å². The summed E-state index contributed by atoms with van der Waals surface area (Å²) in [6, 6.07) is 5.46. The zero-order chi connectivity index (χ0) is 25.2. The number of anilines is 1. The van der Waals surface area contributed by atoms with E-state index in [1.807, 2.05) is 6.07 Å². The summed E-state index contributed by atoms with van der Waals surface area (Å²) in [7, 11) is 1.19. The Morgan fingerprint density at radius 2 is 1.91 bits per heavy atom. The number of rotatable bonds is 7. The number of aromatic nitrogens is 1. The first-order valence-corrected chi connectivity index (χ1v) is 12.5. The molecule has 2 aromatic rings. The number of alkyl halides is 5. The molecule has 4 rings (SSSR count). The van der Waals surface area contributed by atoms with E-state index in [-0.39, 0.29) is 17.5 Å². The third-order valence-corrected chi connectivity index (χ3v) is 7.46. The van der Waals surface area contributed by atoms with Crippen LogP contribution in [0.1, 0.15) is 35.7 Å². The molecule has 1 aliphatic carbocycles. The van der Waals surface area contributed by atoms with Crippen LogP contribution in [-0.4, -0.2) is 53.2 Å². The summed E-state index contributed by atoms with van der Waals surface area (Å²) in [5.41, 5.74) is 1.81. The second-order valence-corrected chi connectivity index (χ2v) is 10.00. The zero-order valence-electron chi connectivity index (χ0n) is 19.0. The Balaban J connectivity index is 1.45. The summed E-state index contributed by atoms with van der Waals surface area (Å²) in [5, 5.41) is 3.21. The van der Waals surface area contributed by atoms with E-state index < -0.39 is 30.7 Å². The molecule has 1 amide bonds. The molecule has 11 heteroatoms. The molecule has 5 nitrogen and oxygen atoms in total. The standard InChI is InChI=1S/C24H26F5N3O2S/c1-32(22(33)14-7-9-35-10-8-14)21(24(27,28)29)19-6-5-16(13-30-19)31-17-11-15-3-2-4-20(18(15)12-17)34-23(25)26/h2-6,13-14,17,21,23,31H,7-12H2,1H3/t17?,21-/m0/s1. The predicted molar refractivity (Wildman–Crippen MR) is 124 cm³/mol. The van der Waals surface area contributed by atoms with Crippen molar-refractivity contribution in [3.63, 3.8) is 0 Å². The quantitative estimate of drug-likeness (QED) is 0.496. The summed E-state index contributed by atoms with van der Waals surface area (Å²) in [6.07, 6.45) is -1.24. The molecule has 0 bridgehead atoms. The maximum Gasteiger partial charge on any atom is 0.414 e. The van der Waals surface area contributed by atoms with Crippen molar-refractivity contribution in [2.24, 2.45) is 5.92 Å². The summed E-state index contributed by atoms with van der Waals surface area (Å²) in [5.74, 6) is 0.741. The van der Waals surface area contributed by atoms with E-state index in [1.165, 1.54) is 31.4 Å². The van der Waals surface area contributed by atoms with Crippen molar-refractivity contribution in [1.82, 2.24) is 9.88 Å². The summed E-state index contributed by atoms with van der Waals surface area (Å²) < 4.78 is 71.9. The van der Waals surface area contributed by atoms with E-state index in [0.717, 1.165) is 22.0 Å². The van der Waals surface area contributed by atoms with E-state index in [4.69, 9.17) is 0 Å². The van der Waals surface area contributed by atoms with Crippen molar-refractivity contribution < 1.29 is 31.5 Å². The molecule has 190 valence electrons. The van der Waals surface area contributed by atoms with Gasteiger partial charge < -0.3 is 15.0 Å². The Bertz CT molecular complexity index is 1030. The maximum atomic E-state index is 14.0. The minimum absolute atomic E-state index is 0.132. The van der Waals surface area contributed by atoms with Gasteiger partial charge in [0.05, 0.1) is 17.6 Å². The number of carbonyl (C=O) groups excluding carboxylic acids is 1. The van der Waals surface area contributed by atoms with E-state index in [2.05, 4.69) is 15.0 Å². The van der Waals surface area contributed by atoms with Crippen LogP contribution in [0, 0.1) is 5.92 Å². The van der Waals surface area contributed by atoms with Crippen LogP contribution >= 0.6 is 11.8 Å². The van der Waals surface area contributed by atoms with Gasteiger partial charge in [-0.3, -0.25) is 9.78 Å². The number of nitrogens with one attached hydrogen (secondary N) is 1. The average Bonchev–Trinajstić information content (AvgIpc) is 3.22. The van der Waals surface area contributed by atoms with Crippen molar-refractivity contribution in [3.05, 3.63) is 53.3 Å². The molecule has 1 N–H and O–H groups in total. The van der Waals surface area contributed by atoms with Crippen molar-refractivity contribution in [2.75, 3.05) is 23.9 Å². The zero-order valence-corrected chi connectivity index (χ0v) is 19.8. The summed E-state index contributed by atoms with van der Waals surface area (Å²) >= 11 is 1.70. The smallest absolute Gasteiger partial charge is 0.414 e. The van der Waals surface area contributed by atoms with Crippen LogP contribution in [0.5, 0.6) is 5.75 Å². The van der Waals surface area contributed by atoms with E-state index in [1.54, 1.807) is 17.8 Å². The van der Waals surface area contributed by atoms with Crippen LogP contribution < -0.4 is 10.1 Å². The first-order chi connectivity index (χ1) is 16.6. The molecule has 1 fully saturated rings. The highest BCUT2D eigenvalue weighted by molar-refractivity contribution is 7.99.